The van der Waals surface area contributed by atoms with E-state index in [0.29, 0.717) is 0 Å². The largest absolute Gasteiger partial charge is 0.255 e. The summed E-state index contributed by atoms with van der Waals surface area (Å²) in [5, 5.41) is 0. The summed E-state index contributed by atoms with van der Waals surface area (Å²) in [7, 11) is 0. The van der Waals surface area contributed by atoms with Gasteiger partial charge in [-0.25, -0.2) is 0 Å². The lowest BCUT2D eigenvalue weighted by Gasteiger charge is -1.96. The Labute approximate surface area is 126 Å². The van der Waals surface area contributed by atoms with E-state index in [2.05, 4.69) is 9.97 Å². The number of aromatic nitrogens is 2. The third-order valence-corrected chi connectivity index (χ3v) is 1.59. The van der Waals surface area contributed by atoms with Crippen LogP contribution >= 0.6 is 0 Å². The molecule has 0 radical (unpaired) electrons. The summed E-state index contributed by atoms with van der Waals surface area (Å²) in [6, 6.07) is 11.6. The van der Waals surface area contributed by atoms with Crippen molar-refractivity contribution >= 4 is 0 Å². The number of nitrogens with zero attached hydrogens (tertiary/aromatic N) is 2. The molecule has 0 amide bonds. The van der Waals surface area contributed by atoms with Gasteiger partial charge in [0.1, 0.15) is 0 Å². The van der Waals surface area contributed by atoms with Crippen molar-refractivity contribution in [2.45, 2.75) is 55.4 Å². The first kappa shape index (κ1) is 23.4. The second kappa shape index (κ2) is 22.5. The lowest BCUT2D eigenvalue weighted by molar-refractivity contribution is 1.25. The molecule has 2 heterocycles. The zero-order valence-electron chi connectivity index (χ0n) is 14.5. The third-order valence-electron chi connectivity index (χ3n) is 1.59. The Balaban J connectivity index is -0.000000314. The molecule has 20 heavy (non-hydrogen) atoms. The zero-order chi connectivity index (χ0) is 16.2. The van der Waals surface area contributed by atoms with Gasteiger partial charge >= 0.3 is 0 Å². The first-order chi connectivity index (χ1) is 9.97. The highest BCUT2D eigenvalue weighted by Gasteiger charge is 1.95. The van der Waals surface area contributed by atoms with Crippen molar-refractivity contribution in [3.05, 3.63) is 48.8 Å². The van der Waals surface area contributed by atoms with Gasteiger partial charge in [0.15, 0.2) is 0 Å². The van der Waals surface area contributed by atoms with E-state index in [-0.39, 0.29) is 0 Å². The van der Waals surface area contributed by atoms with Crippen LogP contribution in [0.25, 0.3) is 11.4 Å². The van der Waals surface area contributed by atoms with E-state index in [1.807, 2.05) is 91.8 Å². The summed E-state index contributed by atoms with van der Waals surface area (Å²) in [5.74, 6) is 0. The quantitative estimate of drug-likeness (QED) is 0.615. The minimum Gasteiger partial charge on any atom is -0.255 e. The SMILES string of the molecule is CC.CC.CC.CC.c1ccc(-c2ccccn2)nc1. The maximum atomic E-state index is 4.19. The Hall–Kier alpha value is -1.70. The van der Waals surface area contributed by atoms with Crippen molar-refractivity contribution in [3.63, 3.8) is 0 Å². The van der Waals surface area contributed by atoms with Gasteiger partial charge in [-0.1, -0.05) is 67.5 Å². The molecule has 0 saturated carbocycles. The summed E-state index contributed by atoms with van der Waals surface area (Å²) < 4.78 is 0. The smallest absolute Gasteiger partial charge is 0.0886 e. The fourth-order valence-electron chi connectivity index (χ4n) is 1.03. The molecule has 0 unspecified atom stereocenters. The molecule has 0 saturated heterocycles. The van der Waals surface area contributed by atoms with Crippen LogP contribution in [0.15, 0.2) is 48.8 Å². The molecule has 0 bridgehead atoms. The van der Waals surface area contributed by atoms with E-state index < -0.39 is 0 Å². The van der Waals surface area contributed by atoms with E-state index in [9.17, 15) is 0 Å². The summed E-state index contributed by atoms with van der Waals surface area (Å²) in [5.41, 5.74) is 1.83. The molecule has 0 spiro atoms. The van der Waals surface area contributed by atoms with Crippen molar-refractivity contribution in [1.82, 2.24) is 9.97 Å². The van der Waals surface area contributed by atoms with Crippen LogP contribution in [-0.2, 0) is 0 Å². The molecule has 0 N–H and O–H groups in total. The number of rotatable bonds is 1. The molecule has 2 aromatic rings. The molecule has 0 fully saturated rings. The Morgan fingerprint density at radius 2 is 0.800 bits per heavy atom. The lowest BCUT2D eigenvalue weighted by atomic mass is 10.2. The van der Waals surface area contributed by atoms with Crippen molar-refractivity contribution in [2.75, 3.05) is 0 Å². The predicted octanol–water partition coefficient (Wildman–Crippen LogP) is 6.25. The Kier molecular flexibility index (Phi) is 26.3. The van der Waals surface area contributed by atoms with Crippen LogP contribution in [0.3, 0.4) is 0 Å². The molecule has 2 nitrogen and oxygen atoms in total. The van der Waals surface area contributed by atoms with Gasteiger partial charge in [-0.05, 0) is 24.3 Å². The third kappa shape index (κ3) is 11.4. The Morgan fingerprint density at radius 3 is 1.00 bits per heavy atom. The number of pyridine rings is 2. The molecule has 0 atom stereocenters. The highest BCUT2D eigenvalue weighted by atomic mass is 14.7. The van der Waals surface area contributed by atoms with Crippen LogP contribution in [-0.4, -0.2) is 9.97 Å². The Bertz CT molecular complexity index is 307. The van der Waals surface area contributed by atoms with Gasteiger partial charge in [0, 0.05) is 12.4 Å². The Morgan fingerprint density at radius 1 is 0.500 bits per heavy atom. The molecular formula is C18H32N2. The lowest BCUT2D eigenvalue weighted by Crippen LogP contribution is -1.83. The molecule has 0 aromatic carbocycles. The van der Waals surface area contributed by atoms with Gasteiger partial charge < -0.3 is 0 Å². The van der Waals surface area contributed by atoms with E-state index in [0.717, 1.165) is 11.4 Å². The fourth-order valence-corrected chi connectivity index (χ4v) is 1.03. The van der Waals surface area contributed by atoms with Gasteiger partial charge in [-0.3, -0.25) is 9.97 Å². The molecule has 2 rings (SSSR count). The number of hydrogen-bond donors (Lipinski definition) is 0. The minimum atomic E-state index is 0.915. The molecule has 2 heteroatoms. The summed E-state index contributed by atoms with van der Waals surface area (Å²) in [4.78, 5) is 8.37. The van der Waals surface area contributed by atoms with Gasteiger partial charge in [0.2, 0.25) is 0 Å². The van der Waals surface area contributed by atoms with Crippen molar-refractivity contribution in [1.29, 1.82) is 0 Å². The second-order valence-corrected chi connectivity index (χ2v) is 2.43. The van der Waals surface area contributed by atoms with Crippen molar-refractivity contribution in [2.24, 2.45) is 0 Å². The number of hydrogen-bond acceptors (Lipinski definition) is 2. The maximum Gasteiger partial charge on any atom is 0.0886 e. The van der Waals surface area contributed by atoms with Crippen molar-refractivity contribution < 1.29 is 0 Å². The van der Waals surface area contributed by atoms with Crippen LogP contribution in [0.5, 0.6) is 0 Å². The van der Waals surface area contributed by atoms with Crippen molar-refractivity contribution in [3.8, 4) is 11.4 Å². The van der Waals surface area contributed by atoms with E-state index >= 15 is 0 Å². The molecule has 0 aliphatic rings. The predicted molar refractivity (Wildman–Crippen MR) is 92.9 cm³/mol. The molecule has 0 aliphatic carbocycles. The molecule has 2 aromatic heterocycles. The second-order valence-electron chi connectivity index (χ2n) is 2.43. The maximum absolute atomic E-state index is 4.19. The standard InChI is InChI=1S/C10H8N2.4C2H6/c1-3-7-11-9(5-1)10-6-2-4-8-12-10;4*1-2/h1-8H;4*1-2H3. The van der Waals surface area contributed by atoms with Crippen LogP contribution in [0, 0.1) is 0 Å². The topological polar surface area (TPSA) is 25.8 Å². The first-order valence-corrected chi connectivity index (χ1v) is 7.79. The average molecular weight is 276 g/mol. The summed E-state index contributed by atoms with van der Waals surface area (Å²) in [6.07, 6.45) is 3.54. The van der Waals surface area contributed by atoms with Crippen LogP contribution in [0.1, 0.15) is 55.4 Å². The fraction of sp³-hybridized carbons (Fsp3) is 0.444. The zero-order valence-corrected chi connectivity index (χ0v) is 14.5. The first-order valence-electron chi connectivity index (χ1n) is 7.79. The average Bonchev–Trinajstić information content (AvgIpc) is 2.63. The monoisotopic (exact) mass is 276 g/mol. The molecule has 0 aliphatic heterocycles. The van der Waals surface area contributed by atoms with Crippen LogP contribution < -0.4 is 0 Å². The van der Waals surface area contributed by atoms with Gasteiger partial charge in [0.25, 0.3) is 0 Å². The van der Waals surface area contributed by atoms with E-state index in [1.165, 1.54) is 0 Å². The summed E-state index contributed by atoms with van der Waals surface area (Å²) >= 11 is 0. The molecular weight excluding hydrogens is 244 g/mol. The highest BCUT2D eigenvalue weighted by molar-refractivity contribution is 5.52. The van der Waals surface area contributed by atoms with Gasteiger partial charge in [-0.15, -0.1) is 0 Å². The van der Waals surface area contributed by atoms with Gasteiger partial charge in [-0.2, -0.15) is 0 Å². The van der Waals surface area contributed by atoms with E-state index in [4.69, 9.17) is 0 Å². The van der Waals surface area contributed by atoms with Crippen LogP contribution in [0.4, 0.5) is 0 Å². The normalized spacial score (nSPS) is 7.00. The minimum absolute atomic E-state index is 0.915. The van der Waals surface area contributed by atoms with Crippen LogP contribution in [0.2, 0.25) is 0 Å². The van der Waals surface area contributed by atoms with Gasteiger partial charge in [0.05, 0.1) is 11.4 Å². The highest BCUT2D eigenvalue weighted by Crippen LogP contribution is 2.10. The molecule has 114 valence electrons. The van der Waals surface area contributed by atoms with E-state index in [1.54, 1.807) is 12.4 Å². The summed E-state index contributed by atoms with van der Waals surface area (Å²) in [6.45, 7) is 16.0.